The first-order valence-electron chi connectivity index (χ1n) is 7.59. The van der Waals surface area contributed by atoms with E-state index in [1.807, 2.05) is 6.92 Å². The number of hydrogen-bond acceptors (Lipinski definition) is 4. The molecule has 0 radical (unpaired) electrons. The van der Waals surface area contributed by atoms with Crippen LogP contribution >= 0.6 is 0 Å². The zero-order chi connectivity index (χ0) is 16.3. The van der Waals surface area contributed by atoms with Crippen molar-refractivity contribution >= 4 is 15.7 Å². The molecule has 0 spiro atoms. The molecular formula is C16H23NO4S. The lowest BCUT2D eigenvalue weighted by atomic mass is 10.1. The fourth-order valence-corrected chi connectivity index (χ4v) is 3.77. The summed E-state index contributed by atoms with van der Waals surface area (Å²) < 4.78 is 30.3. The molecule has 0 aromatic heterocycles. The van der Waals surface area contributed by atoms with Crippen LogP contribution in [-0.4, -0.2) is 38.3 Å². The molecule has 122 valence electrons. The standard InChI is InChI=1S/C16H23NO4S/c1-11(2)22(19,20)15-9-5-4-7-13(15)16(18)17-12(3)14-8-6-10-21-14/h4-5,7,9,11-12,14H,6,8,10H2,1-3H3,(H,17,18)/t12-,14-/m1/s1. The van der Waals surface area contributed by atoms with E-state index in [0.29, 0.717) is 6.61 Å². The van der Waals surface area contributed by atoms with Gasteiger partial charge >= 0.3 is 0 Å². The van der Waals surface area contributed by atoms with E-state index in [2.05, 4.69) is 5.32 Å². The van der Waals surface area contributed by atoms with Crippen LogP contribution in [0.5, 0.6) is 0 Å². The van der Waals surface area contributed by atoms with E-state index in [-0.39, 0.29) is 28.5 Å². The van der Waals surface area contributed by atoms with Gasteiger partial charge in [-0.1, -0.05) is 12.1 Å². The van der Waals surface area contributed by atoms with Crippen LogP contribution in [0.2, 0.25) is 0 Å². The molecule has 1 saturated heterocycles. The number of carbonyl (C=O) groups is 1. The van der Waals surface area contributed by atoms with Crippen LogP contribution in [0.4, 0.5) is 0 Å². The highest BCUT2D eigenvalue weighted by atomic mass is 32.2. The summed E-state index contributed by atoms with van der Waals surface area (Å²) >= 11 is 0. The highest BCUT2D eigenvalue weighted by Crippen LogP contribution is 2.21. The zero-order valence-corrected chi connectivity index (χ0v) is 14.0. The van der Waals surface area contributed by atoms with Crippen molar-refractivity contribution in [3.8, 4) is 0 Å². The SMILES string of the molecule is CC(C)S(=O)(=O)c1ccccc1C(=O)N[C@H](C)[C@H]1CCCO1. The molecule has 1 aliphatic rings. The van der Waals surface area contributed by atoms with E-state index in [1.54, 1.807) is 32.0 Å². The van der Waals surface area contributed by atoms with Gasteiger partial charge in [-0.3, -0.25) is 4.79 Å². The lowest BCUT2D eigenvalue weighted by molar-refractivity contribution is 0.0710. The Labute approximate surface area is 132 Å². The fourth-order valence-electron chi connectivity index (χ4n) is 2.53. The van der Waals surface area contributed by atoms with Crippen LogP contribution in [-0.2, 0) is 14.6 Å². The molecule has 2 atom stereocenters. The summed E-state index contributed by atoms with van der Waals surface area (Å²) in [5.74, 6) is -0.372. The third-order valence-corrected chi connectivity index (χ3v) is 6.15. The summed E-state index contributed by atoms with van der Waals surface area (Å²) in [5, 5.41) is 2.29. The maximum atomic E-state index is 12.5. The molecule has 1 amide bonds. The third-order valence-electron chi connectivity index (χ3n) is 3.94. The molecule has 0 aliphatic carbocycles. The molecule has 1 aliphatic heterocycles. The van der Waals surface area contributed by atoms with Crippen LogP contribution in [0.3, 0.4) is 0 Å². The first kappa shape index (κ1) is 17.0. The maximum absolute atomic E-state index is 12.5. The molecule has 0 bridgehead atoms. The molecule has 5 nitrogen and oxygen atoms in total. The van der Waals surface area contributed by atoms with E-state index in [1.165, 1.54) is 6.07 Å². The van der Waals surface area contributed by atoms with E-state index in [4.69, 9.17) is 4.74 Å². The Balaban J connectivity index is 2.23. The maximum Gasteiger partial charge on any atom is 0.252 e. The average molecular weight is 325 g/mol. The first-order chi connectivity index (χ1) is 10.3. The van der Waals surface area contributed by atoms with Gasteiger partial charge in [-0.15, -0.1) is 0 Å². The number of benzene rings is 1. The second-order valence-corrected chi connectivity index (χ2v) is 8.38. The molecule has 0 unspecified atom stereocenters. The van der Waals surface area contributed by atoms with Gasteiger partial charge in [0.1, 0.15) is 0 Å². The second kappa shape index (κ2) is 6.79. The third kappa shape index (κ3) is 3.50. The van der Waals surface area contributed by atoms with Gasteiger partial charge in [0.2, 0.25) is 0 Å². The number of ether oxygens (including phenoxy) is 1. The van der Waals surface area contributed by atoms with Crippen molar-refractivity contribution in [2.24, 2.45) is 0 Å². The molecule has 1 fully saturated rings. The average Bonchev–Trinajstić information content (AvgIpc) is 3.01. The van der Waals surface area contributed by atoms with Gasteiger partial charge in [0, 0.05) is 6.61 Å². The van der Waals surface area contributed by atoms with Gasteiger partial charge in [0.25, 0.3) is 5.91 Å². The smallest absolute Gasteiger partial charge is 0.252 e. The highest BCUT2D eigenvalue weighted by Gasteiger charge is 2.28. The Morgan fingerprint density at radius 1 is 1.27 bits per heavy atom. The van der Waals surface area contributed by atoms with Crippen LogP contribution in [0.15, 0.2) is 29.2 Å². The first-order valence-corrected chi connectivity index (χ1v) is 9.14. The molecule has 1 aromatic rings. The monoisotopic (exact) mass is 325 g/mol. The fraction of sp³-hybridized carbons (Fsp3) is 0.562. The van der Waals surface area contributed by atoms with Crippen LogP contribution in [0, 0.1) is 0 Å². The largest absolute Gasteiger partial charge is 0.376 e. The van der Waals surface area contributed by atoms with Crippen molar-refractivity contribution < 1.29 is 17.9 Å². The van der Waals surface area contributed by atoms with Gasteiger partial charge in [-0.25, -0.2) is 8.42 Å². The van der Waals surface area contributed by atoms with Gasteiger partial charge < -0.3 is 10.1 Å². The lowest BCUT2D eigenvalue weighted by Crippen LogP contribution is -2.41. The molecule has 22 heavy (non-hydrogen) atoms. The summed E-state index contributed by atoms with van der Waals surface area (Å²) in [6, 6.07) is 6.19. The molecule has 2 rings (SSSR count). The van der Waals surface area contributed by atoms with Crippen molar-refractivity contribution in [2.75, 3.05) is 6.61 Å². The van der Waals surface area contributed by atoms with Gasteiger partial charge in [0.05, 0.1) is 27.9 Å². The van der Waals surface area contributed by atoms with Gasteiger partial charge in [-0.2, -0.15) is 0 Å². The lowest BCUT2D eigenvalue weighted by Gasteiger charge is -2.21. The predicted octanol–water partition coefficient (Wildman–Crippen LogP) is 2.17. The molecule has 0 saturated carbocycles. The summed E-state index contributed by atoms with van der Waals surface area (Å²) in [6.07, 6.45) is 1.90. The van der Waals surface area contributed by atoms with Crippen molar-refractivity contribution in [1.29, 1.82) is 0 Å². The van der Waals surface area contributed by atoms with Gasteiger partial charge in [-0.05, 0) is 45.7 Å². The van der Waals surface area contributed by atoms with E-state index < -0.39 is 15.1 Å². The Kier molecular flexibility index (Phi) is 5.24. The van der Waals surface area contributed by atoms with Crippen molar-refractivity contribution in [2.45, 2.75) is 55.9 Å². The number of amides is 1. The van der Waals surface area contributed by atoms with Gasteiger partial charge in [0.15, 0.2) is 9.84 Å². The highest BCUT2D eigenvalue weighted by molar-refractivity contribution is 7.92. The predicted molar refractivity (Wildman–Crippen MR) is 84.7 cm³/mol. The Morgan fingerprint density at radius 2 is 1.95 bits per heavy atom. The number of nitrogens with one attached hydrogen (secondary N) is 1. The number of sulfone groups is 1. The van der Waals surface area contributed by atoms with Crippen LogP contribution in [0.25, 0.3) is 0 Å². The molecule has 6 heteroatoms. The minimum Gasteiger partial charge on any atom is -0.376 e. The summed E-state index contributed by atoms with van der Waals surface area (Å²) in [7, 11) is -3.50. The molecule has 1 heterocycles. The Bertz CT molecular complexity index is 633. The molecular weight excluding hydrogens is 302 g/mol. The van der Waals surface area contributed by atoms with E-state index >= 15 is 0 Å². The van der Waals surface area contributed by atoms with Crippen LogP contribution < -0.4 is 5.32 Å². The zero-order valence-electron chi connectivity index (χ0n) is 13.2. The van der Waals surface area contributed by atoms with Crippen molar-refractivity contribution in [3.05, 3.63) is 29.8 Å². The number of carbonyl (C=O) groups excluding carboxylic acids is 1. The minimum absolute atomic E-state index is 0.00202. The Morgan fingerprint density at radius 3 is 2.55 bits per heavy atom. The van der Waals surface area contributed by atoms with E-state index in [0.717, 1.165) is 12.8 Å². The summed E-state index contributed by atoms with van der Waals surface area (Å²) in [5.41, 5.74) is 0.195. The topological polar surface area (TPSA) is 72.5 Å². The quantitative estimate of drug-likeness (QED) is 0.900. The van der Waals surface area contributed by atoms with Crippen molar-refractivity contribution in [1.82, 2.24) is 5.32 Å². The number of rotatable bonds is 5. The summed E-state index contributed by atoms with van der Waals surface area (Å²) in [6.45, 7) is 5.81. The normalized spacial score (nSPS) is 20.1. The molecule has 1 aromatic carbocycles. The molecule has 1 N–H and O–H groups in total. The number of hydrogen-bond donors (Lipinski definition) is 1. The second-order valence-electron chi connectivity index (χ2n) is 5.90. The van der Waals surface area contributed by atoms with E-state index in [9.17, 15) is 13.2 Å². The van der Waals surface area contributed by atoms with Crippen LogP contribution in [0.1, 0.15) is 44.0 Å². The Hall–Kier alpha value is -1.40. The van der Waals surface area contributed by atoms with Crippen molar-refractivity contribution in [3.63, 3.8) is 0 Å². The summed E-state index contributed by atoms with van der Waals surface area (Å²) in [4.78, 5) is 12.6. The minimum atomic E-state index is -3.50.